The van der Waals surface area contributed by atoms with E-state index in [0.29, 0.717) is 43.2 Å². The Morgan fingerprint density at radius 2 is 1.61 bits per heavy atom. The molecular weight excluding hydrogens is 461 g/mol. The highest BCUT2D eigenvalue weighted by molar-refractivity contribution is 7.89. The number of primary sulfonamides is 1. The third-order valence-corrected chi connectivity index (χ3v) is 6.07. The van der Waals surface area contributed by atoms with Gasteiger partial charge in [0, 0.05) is 18.7 Å². The van der Waals surface area contributed by atoms with E-state index in [-0.39, 0.29) is 16.5 Å². The Hall–Kier alpha value is -3.22. The van der Waals surface area contributed by atoms with Crippen molar-refractivity contribution < 1.29 is 31.1 Å². The number of sulfonamides is 1. The molecule has 0 aliphatic carbocycles. The second kappa shape index (κ2) is 8.61. The Bertz CT molecular complexity index is 1260. The first-order valence-electron chi connectivity index (χ1n) is 9.82. The van der Waals surface area contributed by atoms with Crippen LogP contribution in [0, 0.1) is 0 Å². The number of nitrogens with two attached hydrogens (primary N) is 1. The molecule has 1 amide bonds. The van der Waals surface area contributed by atoms with Crippen molar-refractivity contribution in [3.05, 3.63) is 65.9 Å². The Balaban J connectivity index is 1.78. The molecule has 1 saturated heterocycles. The fraction of sp³-hybridized carbons (Fsp3) is 0.238. The average molecular weight is 480 g/mol. The maximum atomic E-state index is 13.0. The molecule has 0 atom stereocenters. The highest BCUT2D eigenvalue weighted by Gasteiger charge is 2.30. The molecule has 33 heavy (non-hydrogen) atoms. The molecule has 4 rings (SSSR count). The van der Waals surface area contributed by atoms with Gasteiger partial charge in [0.15, 0.2) is 5.69 Å². The van der Waals surface area contributed by atoms with Crippen LogP contribution in [-0.2, 0) is 20.9 Å². The number of amides is 1. The summed E-state index contributed by atoms with van der Waals surface area (Å²) in [5.41, 5.74) is 0.454. The predicted octanol–water partition coefficient (Wildman–Crippen LogP) is 2.68. The number of halogens is 3. The Labute approximate surface area is 187 Å². The van der Waals surface area contributed by atoms with Crippen molar-refractivity contribution in [2.45, 2.75) is 11.1 Å². The fourth-order valence-corrected chi connectivity index (χ4v) is 3.94. The molecule has 0 spiro atoms. The Morgan fingerprint density at radius 3 is 2.15 bits per heavy atom. The minimum atomic E-state index is -4.49. The third-order valence-electron chi connectivity index (χ3n) is 5.14. The van der Waals surface area contributed by atoms with Gasteiger partial charge < -0.3 is 9.64 Å². The van der Waals surface area contributed by atoms with Crippen LogP contribution in [-0.4, -0.2) is 55.3 Å². The lowest BCUT2D eigenvalue weighted by Crippen LogP contribution is -2.40. The average Bonchev–Trinajstić information content (AvgIpc) is 3.24. The highest BCUT2D eigenvalue weighted by atomic mass is 32.2. The van der Waals surface area contributed by atoms with E-state index in [4.69, 9.17) is 9.88 Å². The van der Waals surface area contributed by atoms with Gasteiger partial charge in [-0.05, 0) is 42.5 Å². The van der Waals surface area contributed by atoms with E-state index in [0.717, 1.165) is 12.1 Å². The largest absolute Gasteiger partial charge is 0.416 e. The first kappa shape index (κ1) is 23.0. The van der Waals surface area contributed by atoms with Crippen molar-refractivity contribution >= 4 is 15.9 Å². The molecule has 2 heterocycles. The fourth-order valence-electron chi connectivity index (χ4n) is 3.42. The second-order valence-electron chi connectivity index (χ2n) is 7.35. The van der Waals surface area contributed by atoms with Crippen LogP contribution in [0.1, 0.15) is 16.1 Å². The van der Waals surface area contributed by atoms with Crippen LogP contribution in [0.15, 0.2) is 59.5 Å². The molecule has 0 unspecified atom stereocenters. The summed E-state index contributed by atoms with van der Waals surface area (Å²) in [6, 6.07) is 11.4. The molecule has 174 valence electrons. The smallest absolute Gasteiger partial charge is 0.378 e. The number of hydrogen-bond donors (Lipinski definition) is 1. The van der Waals surface area contributed by atoms with Gasteiger partial charge in [-0.1, -0.05) is 12.1 Å². The Kier molecular flexibility index (Phi) is 5.99. The first-order valence-corrected chi connectivity index (χ1v) is 11.4. The number of carbonyl (C=O) groups excluding carboxylic acids is 1. The van der Waals surface area contributed by atoms with Crippen molar-refractivity contribution in [2.75, 3.05) is 26.3 Å². The van der Waals surface area contributed by atoms with Gasteiger partial charge in [0.2, 0.25) is 10.0 Å². The zero-order valence-corrected chi connectivity index (χ0v) is 17.9. The van der Waals surface area contributed by atoms with Gasteiger partial charge in [-0.15, -0.1) is 0 Å². The molecule has 1 fully saturated rings. The van der Waals surface area contributed by atoms with Gasteiger partial charge in [-0.3, -0.25) is 4.79 Å². The summed E-state index contributed by atoms with van der Waals surface area (Å²) in [5, 5.41) is 9.52. The summed E-state index contributed by atoms with van der Waals surface area (Å²) in [6.45, 7) is 1.58. The topological polar surface area (TPSA) is 108 Å². The normalized spacial score (nSPS) is 15.0. The monoisotopic (exact) mass is 480 g/mol. The number of alkyl halides is 3. The van der Waals surface area contributed by atoms with Crippen molar-refractivity contribution in [1.82, 2.24) is 14.7 Å². The van der Waals surface area contributed by atoms with E-state index in [2.05, 4.69) is 5.10 Å². The van der Waals surface area contributed by atoms with E-state index in [1.807, 2.05) is 0 Å². The van der Waals surface area contributed by atoms with Crippen molar-refractivity contribution in [1.29, 1.82) is 0 Å². The van der Waals surface area contributed by atoms with E-state index >= 15 is 0 Å². The van der Waals surface area contributed by atoms with Crippen molar-refractivity contribution in [2.24, 2.45) is 5.14 Å². The lowest BCUT2D eigenvalue weighted by atomic mass is 10.1. The standard InChI is InChI=1S/C21H19F3N4O4S/c22-21(23,24)15-3-1-14(2-4-15)19-13-18(20(29)27-9-11-32-12-10-27)26-28(19)16-5-7-17(8-6-16)33(25,30)31/h1-8,13H,9-12H2,(H2,25,30,31). The number of benzene rings is 2. The van der Waals surface area contributed by atoms with Crippen LogP contribution >= 0.6 is 0 Å². The number of morpholine rings is 1. The summed E-state index contributed by atoms with van der Waals surface area (Å²) in [4.78, 5) is 14.4. The molecule has 12 heteroatoms. The minimum Gasteiger partial charge on any atom is -0.378 e. The summed E-state index contributed by atoms with van der Waals surface area (Å²) < 4.78 is 68.7. The van der Waals surface area contributed by atoms with Gasteiger partial charge in [-0.25, -0.2) is 18.2 Å². The third kappa shape index (κ3) is 4.92. The molecule has 3 aromatic rings. The van der Waals surface area contributed by atoms with Crippen molar-refractivity contribution in [3.63, 3.8) is 0 Å². The maximum absolute atomic E-state index is 13.0. The summed E-state index contributed by atoms with van der Waals surface area (Å²) >= 11 is 0. The van der Waals surface area contributed by atoms with Gasteiger partial charge in [-0.2, -0.15) is 18.3 Å². The van der Waals surface area contributed by atoms with Crippen LogP contribution in [0.25, 0.3) is 16.9 Å². The number of rotatable bonds is 4. The van der Waals surface area contributed by atoms with Gasteiger partial charge >= 0.3 is 6.18 Å². The van der Waals surface area contributed by atoms with Crippen LogP contribution in [0.2, 0.25) is 0 Å². The molecule has 1 aliphatic heterocycles. The van der Waals surface area contributed by atoms with Crippen molar-refractivity contribution in [3.8, 4) is 16.9 Å². The number of nitrogens with zero attached hydrogens (tertiary/aromatic N) is 3. The number of aromatic nitrogens is 2. The van der Waals surface area contributed by atoms with E-state index in [1.54, 1.807) is 4.90 Å². The number of hydrogen-bond acceptors (Lipinski definition) is 5. The molecule has 2 N–H and O–H groups in total. The van der Waals surface area contributed by atoms with Gasteiger partial charge in [0.25, 0.3) is 5.91 Å². The molecule has 0 bridgehead atoms. The number of ether oxygens (including phenoxy) is 1. The summed E-state index contributed by atoms with van der Waals surface area (Å²) in [7, 11) is -3.91. The molecule has 0 saturated carbocycles. The van der Waals surface area contributed by atoms with E-state index in [1.165, 1.54) is 47.1 Å². The predicted molar refractivity (Wildman–Crippen MR) is 112 cm³/mol. The van der Waals surface area contributed by atoms with Crippen LogP contribution in [0.5, 0.6) is 0 Å². The van der Waals surface area contributed by atoms with E-state index < -0.39 is 21.8 Å². The Morgan fingerprint density at radius 1 is 1.00 bits per heavy atom. The quantitative estimate of drug-likeness (QED) is 0.618. The van der Waals surface area contributed by atoms with Gasteiger partial charge in [0.05, 0.1) is 35.1 Å². The van der Waals surface area contributed by atoms with Crippen LogP contribution in [0.3, 0.4) is 0 Å². The molecular formula is C21H19F3N4O4S. The van der Waals surface area contributed by atoms with Crippen LogP contribution in [0.4, 0.5) is 13.2 Å². The SMILES string of the molecule is NS(=O)(=O)c1ccc(-n2nc(C(=O)N3CCOCC3)cc2-c2ccc(C(F)(F)F)cc2)cc1. The van der Waals surface area contributed by atoms with Crippen LogP contribution < -0.4 is 5.14 Å². The number of carbonyl (C=O) groups is 1. The maximum Gasteiger partial charge on any atom is 0.416 e. The lowest BCUT2D eigenvalue weighted by Gasteiger charge is -2.25. The minimum absolute atomic E-state index is 0.0994. The summed E-state index contributed by atoms with van der Waals surface area (Å²) in [5.74, 6) is -0.341. The highest BCUT2D eigenvalue weighted by Crippen LogP contribution is 2.32. The lowest BCUT2D eigenvalue weighted by molar-refractivity contribution is -0.137. The van der Waals surface area contributed by atoms with Gasteiger partial charge in [0.1, 0.15) is 0 Å². The molecule has 1 aliphatic rings. The second-order valence-corrected chi connectivity index (χ2v) is 8.91. The molecule has 0 radical (unpaired) electrons. The first-order chi connectivity index (χ1) is 15.5. The van der Waals surface area contributed by atoms with E-state index in [9.17, 15) is 26.4 Å². The molecule has 2 aromatic carbocycles. The zero-order valence-electron chi connectivity index (χ0n) is 17.1. The summed E-state index contributed by atoms with van der Waals surface area (Å²) in [6.07, 6.45) is -4.49. The molecule has 1 aromatic heterocycles. The molecule has 8 nitrogen and oxygen atoms in total. The zero-order chi connectivity index (χ0) is 23.8.